The Kier molecular flexibility index (Phi) is 5.65. The lowest BCUT2D eigenvalue weighted by Gasteiger charge is -2.11. The van der Waals surface area contributed by atoms with Crippen molar-refractivity contribution in [1.29, 1.82) is 0 Å². The van der Waals surface area contributed by atoms with Crippen LogP contribution < -0.4 is 5.32 Å². The molecule has 1 aliphatic heterocycles. The predicted molar refractivity (Wildman–Crippen MR) is 104 cm³/mol. The van der Waals surface area contributed by atoms with Crippen LogP contribution in [-0.2, 0) is 9.59 Å². The lowest BCUT2D eigenvalue weighted by Crippen LogP contribution is -2.36. The van der Waals surface area contributed by atoms with Crippen molar-refractivity contribution in [2.45, 2.75) is 6.92 Å². The van der Waals surface area contributed by atoms with Gasteiger partial charge in [-0.25, -0.2) is 4.98 Å². The molecule has 0 radical (unpaired) electrons. The standard InChI is InChI=1S/C18H15N3O3S2/c1-12(9-13-5-3-2-4-6-13)10-14-16(23)21(18(24)26-14)11-15(22)20-17-19-7-8-25-17/h2-10H,11H2,1H3,(H,19,20,22)/b12-9+,14-10-. The minimum absolute atomic E-state index is 0.307. The van der Waals surface area contributed by atoms with Crippen molar-refractivity contribution in [2.75, 3.05) is 11.9 Å². The van der Waals surface area contributed by atoms with Crippen molar-refractivity contribution in [3.05, 3.63) is 64.0 Å². The molecular formula is C18H15N3O3S2. The summed E-state index contributed by atoms with van der Waals surface area (Å²) in [6, 6.07) is 9.68. The first-order valence-electron chi connectivity index (χ1n) is 7.71. The topological polar surface area (TPSA) is 79.4 Å². The lowest BCUT2D eigenvalue weighted by atomic mass is 10.1. The second kappa shape index (κ2) is 8.11. The Morgan fingerprint density at radius 3 is 2.73 bits per heavy atom. The SMILES string of the molecule is CC(/C=C1\SC(=O)N(CC(=O)Nc2nccs2)C1=O)=C\c1ccccc1. The fraction of sp³-hybridized carbons (Fsp3) is 0.111. The smallest absolute Gasteiger partial charge is 0.294 e. The molecule has 8 heteroatoms. The molecule has 0 atom stereocenters. The number of allylic oxidation sites excluding steroid dienone is 2. The van der Waals surface area contributed by atoms with E-state index in [1.165, 1.54) is 11.3 Å². The fourth-order valence-corrected chi connectivity index (χ4v) is 3.72. The number of nitrogens with zero attached hydrogens (tertiary/aromatic N) is 2. The number of thiazole rings is 1. The summed E-state index contributed by atoms with van der Waals surface area (Å²) in [5, 5.41) is 4.26. The van der Waals surface area contributed by atoms with Crippen LogP contribution in [0.25, 0.3) is 6.08 Å². The van der Waals surface area contributed by atoms with Gasteiger partial charge < -0.3 is 5.32 Å². The average molecular weight is 385 g/mol. The molecule has 3 amide bonds. The third-order valence-electron chi connectivity index (χ3n) is 3.41. The highest BCUT2D eigenvalue weighted by molar-refractivity contribution is 8.18. The summed E-state index contributed by atoms with van der Waals surface area (Å²) in [7, 11) is 0. The number of carbonyl (C=O) groups excluding carboxylic acids is 3. The van der Waals surface area contributed by atoms with Crippen LogP contribution in [0.15, 0.2) is 58.5 Å². The molecule has 1 saturated heterocycles. The van der Waals surface area contributed by atoms with E-state index in [1.54, 1.807) is 17.7 Å². The van der Waals surface area contributed by atoms with E-state index in [1.807, 2.05) is 43.3 Å². The summed E-state index contributed by atoms with van der Waals surface area (Å²) in [5.74, 6) is -0.921. The Morgan fingerprint density at radius 2 is 2.04 bits per heavy atom. The second-order valence-electron chi connectivity index (χ2n) is 5.45. The Bertz CT molecular complexity index is 890. The van der Waals surface area contributed by atoms with Crippen LogP contribution in [-0.4, -0.2) is 33.5 Å². The number of rotatable bonds is 5. The van der Waals surface area contributed by atoms with Crippen LogP contribution in [0.4, 0.5) is 9.93 Å². The molecule has 0 unspecified atom stereocenters. The van der Waals surface area contributed by atoms with Gasteiger partial charge in [-0.3, -0.25) is 19.3 Å². The van der Waals surface area contributed by atoms with Crippen molar-refractivity contribution >= 4 is 51.4 Å². The van der Waals surface area contributed by atoms with Crippen molar-refractivity contribution in [3.8, 4) is 0 Å². The third kappa shape index (κ3) is 4.47. The summed E-state index contributed by atoms with van der Waals surface area (Å²) >= 11 is 2.10. The van der Waals surface area contributed by atoms with Gasteiger partial charge in [0.05, 0.1) is 4.91 Å². The highest BCUT2D eigenvalue weighted by Crippen LogP contribution is 2.31. The van der Waals surface area contributed by atoms with Crippen molar-refractivity contribution < 1.29 is 14.4 Å². The molecule has 0 saturated carbocycles. The molecule has 1 aliphatic rings. The number of amides is 3. The number of hydrogen-bond acceptors (Lipinski definition) is 6. The monoisotopic (exact) mass is 385 g/mol. The Balaban J connectivity index is 1.68. The highest BCUT2D eigenvalue weighted by atomic mass is 32.2. The third-order valence-corrected chi connectivity index (χ3v) is 5.00. The summed E-state index contributed by atoms with van der Waals surface area (Å²) in [6.07, 6.45) is 5.14. The van der Waals surface area contributed by atoms with E-state index in [-0.39, 0.29) is 6.54 Å². The Morgan fingerprint density at radius 1 is 1.27 bits per heavy atom. The molecule has 2 aromatic rings. The van der Waals surface area contributed by atoms with Crippen LogP contribution in [0.5, 0.6) is 0 Å². The minimum Gasteiger partial charge on any atom is -0.300 e. The van der Waals surface area contributed by atoms with Crippen LogP contribution in [0.2, 0.25) is 0 Å². The number of aromatic nitrogens is 1. The molecule has 132 valence electrons. The molecule has 0 spiro atoms. The number of imide groups is 1. The van der Waals surface area contributed by atoms with Gasteiger partial charge in [-0.05, 0) is 35.9 Å². The maximum Gasteiger partial charge on any atom is 0.294 e. The number of anilines is 1. The second-order valence-corrected chi connectivity index (χ2v) is 7.34. The maximum atomic E-state index is 12.4. The molecule has 1 aromatic carbocycles. The van der Waals surface area contributed by atoms with Crippen molar-refractivity contribution in [3.63, 3.8) is 0 Å². The number of thioether (sulfide) groups is 1. The lowest BCUT2D eigenvalue weighted by molar-refractivity contribution is -0.127. The van der Waals surface area contributed by atoms with Crippen molar-refractivity contribution in [2.24, 2.45) is 0 Å². The van der Waals surface area contributed by atoms with E-state index in [9.17, 15) is 14.4 Å². The molecule has 0 bridgehead atoms. The van der Waals surface area contributed by atoms with Crippen LogP contribution in [0.3, 0.4) is 0 Å². The van der Waals surface area contributed by atoms with Gasteiger partial charge in [-0.2, -0.15) is 0 Å². The van der Waals surface area contributed by atoms with Crippen LogP contribution >= 0.6 is 23.1 Å². The maximum absolute atomic E-state index is 12.4. The Hall–Kier alpha value is -2.71. The van der Waals surface area contributed by atoms with Gasteiger partial charge in [-0.1, -0.05) is 36.4 Å². The number of nitrogens with one attached hydrogen (secondary N) is 1. The van der Waals surface area contributed by atoms with Crippen molar-refractivity contribution in [1.82, 2.24) is 9.88 Å². The zero-order valence-electron chi connectivity index (χ0n) is 13.8. The van der Waals surface area contributed by atoms with E-state index in [0.29, 0.717) is 10.0 Å². The zero-order valence-corrected chi connectivity index (χ0v) is 15.5. The largest absolute Gasteiger partial charge is 0.300 e. The Labute approximate surface area is 158 Å². The van der Waals surface area contributed by atoms with Gasteiger partial charge in [0.15, 0.2) is 5.13 Å². The van der Waals surface area contributed by atoms with E-state index in [0.717, 1.165) is 27.8 Å². The number of carbonyl (C=O) groups is 3. The van der Waals surface area contributed by atoms with E-state index in [4.69, 9.17) is 0 Å². The predicted octanol–water partition coefficient (Wildman–Crippen LogP) is 3.76. The highest BCUT2D eigenvalue weighted by Gasteiger charge is 2.36. The molecule has 1 aromatic heterocycles. The minimum atomic E-state index is -0.463. The van der Waals surface area contributed by atoms with Crippen LogP contribution in [0, 0.1) is 0 Å². The van der Waals surface area contributed by atoms with E-state index in [2.05, 4.69) is 10.3 Å². The molecule has 3 rings (SSSR count). The van der Waals surface area contributed by atoms with E-state index >= 15 is 0 Å². The molecule has 26 heavy (non-hydrogen) atoms. The molecule has 1 N–H and O–H groups in total. The first-order valence-corrected chi connectivity index (χ1v) is 9.40. The molecule has 0 aliphatic carbocycles. The van der Waals surface area contributed by atoms with Gasteiger partial charge in [0.25, 0.3) is 11.1 Å². The van der Waals surface area contributed by atoms with Gasteiger partial charge >= 0.3 is 0 Å². The normalized spacial score (nSPS) is 16.4. The summed E-state index contributed by atoms with van der Waals surface area (Å²) in [5.41, 5.74) is 1.84. The number of hydrogen-bond donors (Lipinski definition) is 1. The summed E-state index contributed by atoms with van der Waals surface area (Å²) in [6.45, 7) is 1.53. The van der Waals surface area contributed by atoms with Gasteiger partial charge in [-0.15, -0.1) is 11.3 Å². The van der Waals surface area contributed by atoms with Gasteiger partial charge in [0, 0.05) is 11.6 Å². The quantitative estimate of drug-likeness (QED) is 0.793. The molecule has 6 nitrogen and oxygen atoms in total. The molecule has 1 fully saturated rings. The van der Waals surface area contributed by atoms with E-state index < -0.39 is 17.1 Å². The average Bonchev–Trinajstić information content (AvgIpc) is 3.20. The first kappa shape index (κ1) is 18.1. The van der Waals surface area contributed by atoms with Crippen LogP contribution in [0.1, 0.15) is 12.5 Å². The van der Waals surface area contributed by atoms with Gasteiger partial charge in [0.1, 0.15) is 6.54 Å². The number of benzene rings is 1. The molecular weight excluding hydrogens is 370 g/mol. The molecule has 2 heterocycles. The summed E-state index contributed by atoms with van der Waals surface area (Å²) in [4.78, 5) is 41.7. The summed E-state index contributed by atoms with van der Waals surface area (Å²) < 4.78 is 0. The first-order chi connectivity index (χ1) is 12.5. The fourth-order valence-electron chi connectivity index (χ4n) is 2.28. The van der Waals surface area contributed by atoms with Gasteiger partial charge in [0.2, 0.25) is 5.91 Å². The zero-order chi connectivity index (χ0) is 18.5.